The molecular weight excluding hydrogens is 294 g/mol. The second kappa shape index (κ2) is 5.55. The summed E-state index contributed by atoms with van der Waals surface area (Å²) in [5.74, 6) is 1.70. The highest BCUT2D eigenvalue weighted by Gasteiger charge is 2.70. The fourth-order valence-corrected chi connectivity index (χ4v) is 7.80. The molecule has 0 aromatic rings. The van der Waals surface area contributed by atoms with Crippen LogP contribution in [0.15, 0.2) is 12.2 Å². The zero-order valence-electron chi connectivity index (χ0n) is 14.6. The Morgan fingerprint density at radius 2 is 1.95 bits per heavy atom. The van der Waals surface area contributed by atoms with Crippen molar-refractivity contribution in [2.75, 3.05) is 32.2 Å². The van der Waals surface area contributed by atoms with Crippen LogP contribution in [0.2, 0.25) is 0 Å². The van der Waals surface area contributed by atoms with Gasteiger partial charge in [0.2, 0.25) is 0 Å². The first-order valence-corrected chi connectivity index (χ1v) is 10.3. The normalized spacial score (nSPS) is 40.4. The minimum Gasteiger partial charge on any atom is -0.376 e. The first-order valence-electron chi connectivity index (χ1n) is 8.40. The summed E-state index contributed by atoms with van der Waals surface area (Å²) >= 11 is 0. The molecule has 5 atom stereocenters. The Balaban J connectivity index is 1.74. The summed E-state index contributed by atoms with van der Waals surface area (Å²) in [7, 11) is 1.95. The van der Waals surface area contributed by atoms with Crippen LogP contribution >= 0.6 is 0 Å². The van der Waals surface area contributed by atoms with E-state index in [0.717, 1.165) is 13.1 Å². The number of carbonyl (C=O) groups is 1. The van der Waals surface area contributed by atoms with Crippen LogP contribution in [0.1, 0.15) is 33.6 Å². The van der Waals surface area contributed by atoms with Gasteiger partial charge in [-0.3, -0.25) is 4.79 Å². The molecule has 0 radical (unpaired) electrons. The molecule has 0 aromatic heterocycles. The number of rotatable bonds is 4. The SMILES string of the molecule is COC1C([S+](C)CC(=O)N2CC=CC2)C2CCC1(C)C2(C)C. The van der Waals surface area contributed by atoms with Crippen molar-refractivity contribution in [3.63, 3.8) is 0 Å². The van der Waals surface area contributed by atoms with Crippen LogP contribution < -0.4 is 0 Å². The largest absolute Gasteiger partial charge is 0.376 e. The Labute approximate surface area is 137 Å². The lowest BCUT2D eigenvalue weighted by atomic mass is 9.70. The quantitative estimate of drug-likeness (QED) is 0.587. The number of hydrogen-bond donors (Lipinski definition) is 0. The standard InChI is InChI=1S/C18H30NO2S/c1-17(2)13-8-9-18(17,3)16(21-4)15(13)22(5)12-14(20)19-10-6-7-11-19/h6-7,13,15-16H,8-12H2,1-5H3/q+1. The molecule has 22 heavy (non-hydrogen) atoms. The first kappa shape index (κ1) is 16.4. The fraction of sp³-hybridized carbons (Fsp3) is 0.833. The molecule has 2 saturated carbocycles. The molecule has 3 nitrogen and oxygen atoms in total. The summed E-state index contributed by atoms with van der Waals surface area (Å²) in [6, 6.07) is 0. The Morgan fingerprint density at radius 3 is 2.55 bits per heavy atom. The van der Waals surface area contributed by atoms with E-state index < -0.39 is 0 Å². The predicted octanol–water partition coefficient (Wildman–Crippen LogP) is 2.47. The number of carbonyl (C=O) groups excluding carboxylic acids is 1. The third kappa shape index (κ3) is 2.17. The van der Waals surface area contributed by atoms with Gasteiger partial charge in [0.05, 0.1) is 6.26 Å². The minimum atomic E-state index is 0.0826. The number of hydrogen-bond acceptors (Lipinski definition) is 2. The third-order valence-electron chi connectivity index (χ3n) is 6.94. The van der Waals surface area contributed by atoms with Crippen molar-refractivity contribution in [1.82, 2.24) is 4.90 Å². The van der Waals surface area contributed by atoms with Crippen molar-refractivity contribution in [3.05, 3.63) is 12.2 Å². The molecule has 0 spiro atoms. The van der Waals surface area contributed by atoms with E-state index in [0.29, 0.717) is 34.3 Å². The molecule has 124 valence electrons. The maximum atomic E-state index is 12.5. The van der Waals surface area contributed by atoms with Crippen LogP contribution in [0.4, 0.5) is 0 Å². The summed E-state index contributed by atoms with van der Waals surface area (Å²) in [5, 5.41) is 0.540. The van der Waals surface area contributed by atoms with E-state index in [1.807, 2.05) is 12.0 Å². The molecule has 5 unspecified atom stereocenters. The molecule has 0 aromatic carbocycles. The van der Waals surface area contributed by atoms with Gasteiger partial charge in [-0.2, -0.15) is 0 Å². The van der Waals surface area contributed by atoms with Crippen molar-refractivity contribution in [2.24, 2.45) is 16.7 Å². The van der Waals surface area contributed by atoms with Gasteiger partial charge in [-0.15, -0.1) is 0 Å². The van der Waals surface area contributed by atoms with Gasteiger partial charge in [-0.25, -0.2) is 0 Å². The highest BCUT2D eigenvalue weighted by atomic mass is 32.2. The van der Waals surface area contributed by atoms with Crippen LogP contribution in [0.25, 0.3) is 0 Å². The Bertz CT molecular complexity index is 481. The summed E-state index contributed by atoms with van der Waals surface area (Å²) in [5.41, 5.74) is 0.578. The van der Waals surface area contributed by atoms with Gasteiger partial charge in [0, 0.05) is 31.5 Å². The molecule has 1 heterocycles. The maximum absolute atomic E-state index is 12.5. The van der Waals surface area contributed by atoms with E-state index in [-0.39, 0.29) is 16.3 Å². The molecule has 2 bridgehead atoms. The maximum Gasteiger partial charge on any atom is 0.273 e. The second-order valence-corrected chi connectivity index (χ2v) is 10.2. The van der Waals surface area contributed by atoms with Gasteiger partial charge in [0.25, 0.3) is 5.91 Å². The number of amides is 1. The molecular formula is C18H30NO2S+. The van der Waals surface area contributed by atoms with Crippen LogP contribution in [0, 0.1) is 16.7 Å². The van der Waals surface area contributed by atoms with E-state index in [1.165, 1.54) is 12.8 Å². The number of nitrogens with zero attached hydrogens (tertiary/aromatic N) is 1. The Morgan fingerprint density at radius 1 is 1.32 bits per heavy atom. The lowest BCUT2D eigenvalue weighted by Gasteiger charge is -2.38. The zero-order chi connectivity index (χ0) is 16.1. The lowest BCUT2D eigenvalue weighted by molar-refractivity contribution is -0.127. The van der Waals surface area contributed by atoms with Gasteiger partial charge >= 0.3 is 0 Å². The molecule has 4 heteroatoms. The zero-order valence-corrected chi connectivity index (χ0v) is 15.4. The van der Waals surface area contributed by atoms with E-state index >= 15 is 0 Å². The molecule has 2 fully saturated rings. The topological polar surface area (TPSA) is 29.5 Å². The molecule has 0 N–H and O–H groups in total. The van der Waals surface area contributed by atoms with Gasteiger partial charge in [0.15, 0.2) is 5.75 Å². The van der Waals surface area contributed by atoms with Crippen molar-refractivity contribution in [3.8, 4) is 0 Å². The van der Waals surface area contributed by atoms with E-state index in [2.05, 4.69) is 39.2 Å². The van der Waals surface area contributed by atoms with Crippen molar-refractivity contribution in [2.45, 2.75) is 45.0 Å². The fourth-order valence-electron chi connectivity index (χ4n) is 5.17. The lowest BCUT2D eigenvalue weighted by Crippen LogP contribution is -2.47. The minimum absolute atomic E-state index is 0.0826. The first-order chi connectivity index (χ1) is 10.3. The van der Waals surface area contributed by atoms with Gasteiger partial charge in [-0.1, -0.05) is 32.9 Å². The van der Waals surface area contributed by atoms with Crippen LogP contribution in [0.5, 0.6) is 0 Å². The molecule has 0 saturated heterocycles. The third-order valence-corrected chi connectivity index (χ3v) is 9.14. The monoisotopic (exact) mass is 324 g/mol. The van der Waals surface area contributed by atoms with Crippen LogP contribution in [-0.4, -0.2) is 54.4 Å². The summed E-state index contributed by atoms with van der Waals surface area (Å²) in [6.07, 6.45) is 9.33. The smallest absolute Gasteiger partial charge is 0.273 e. The number of fused-ring (bicyclic) bond motifs is 2. The van der Waals surface area contributed by atoms with Crippen LogP contribution in [-0.2, 0) is 20.4 Å². The average molecular weight is 325 g/mol. The van der Waals surface area contributed by atoms with Gasteiger partial charge in [-0.05, 0) is 29.2 Å². The van der Waals surface area contributed by atoms with Crippen LogP contribution in [0.3, 0.4) is 0 Å². The molecule has 1 amide bonds. The highest BCUT2D eigenvalue weighted by Crippen LogP contribution is 2.67. The van der Waals surface area contributed by atoms with E-state index in [1.54, 1.807) is 0 Å². The molecule has 1 aliphatic heterocycles. The molecule has 3 aliphatic rings. The van der Waals surface area contributed by atoms with Crippen molar-refractivity contribution in [1.29, 1.82) is 0 Å². The summed E-state index contributed by atoms with van der Waals surface area (Å²) in [6.45, 7) is 8.83. The highest BCUT2D eigenvalue weighted by molar-refractivity contribution is 7.97. The second-order valence-electron chi connectivity index (χ2n) is 8.01. The predicted molar refractivity (Wildman–Crippen MR) is 93.1 cm³/mol. The van der Waals surface area contributed by atoms with Gasteiger partial charge in [0.1, 0.15) is 11.4 Å². The number of methoxy groups -OCH3 is 1. The summed E-state index contributed by atoms with van der Waals surface area (Å²) in [4.78, 5) is 14.5. The van der Waals surface area contributed by atoms with Crippen molar-refractivity contribution >= 4 is 16.8 Å². The number of ether oxygens (including phenoxy) is 1. The molecule has 2 aliphatic carbocycles. The van der Waals surface area contributed by atoms with Gasteiger partial charge < -0.3 is 9.64 Å². The summed E-state index contributed by atoms with van der Waals surface area (Å²) < 4.78 is 5.99. The average Bonchev–Trinajstić information content (AvgIpc) is 3.10. The van der Waals surface area contributed by atoms with E-state index in [4.69, 9.17) is 4.74 Å². The molecule has 3 rings (SSSR count). The Kier molecular flexibility index (Phi) is 4.14. The Hall–Kier alpha value is -0.480. The van der Waals surface area contributed by atoms with Crippen molar-refractivity contribution < 1.29 is 9.53 Å². The van der Waals surface area contributed by atoms with E-state index in [9.17, 15) is 4.79 Å².